The lowest BCUT2D eigenvalue weighted by Gasteiger charge is -2.33. The van der Waals surface area contributed by atoms with Crippen LogP contribution in [-0.4, -0.2) is 34.1 Å². The molecule has 1 unspecified atom stereocenters. The molecule has 0 amide bonds. The highest BCUT2D eigenvalue weighted by atomic mass is 35.5. The van der Waals surface area contributed by atoms with Crippen molar-refractivity contribution >= 4 is 22.6 Å². The van der Waals surface area contributed by atoms with E-state index in [0.717, 1.165) is 10.5 Å². The maximum atomic E-state index is 6.08. The van der Waals surface area contributed by atoms with Crippen LogP contribution in [0.3, 0.4) is 0 Å². The second-order valence-corrected chi connectivity index (χ2v) is 7.89. The number of likely N-dealkylation sites (tertiary alicyclic amines) is 1. The Bertz CT molecular complexity index is 850. The Hall–Kier alpha value is -1.84. The fraction of sp³-hybridized carbons (Fsp3) is 0.409. The normalized spacial score (nSPS) is 17.6. The summed E-state index contributed by atoms with van der Waals surface area (Å²) >= 11 is 6.08. The van der Waals surface area contributed by atoms with E-state index in [4.69, 9.17) is 11.6 Å². The van der Waals surface area contributed by atoms with Gasteiger partial charge in [0.25, 0.3) is 0 Å². The van der Waals surface area contributed by atoms with Crippen molar-refractivity contribution in [2.24, 2.45) is 0 Å². The van der Waals surface area contributed by atoms with E-state index in [2.05, 4.69) is 57.8 Å². The standard InChI is InChI=1S/C22H26ClN3/c1-17(18-5-3-2-4-6-18)9-12-25-13-10-20(11-14-25)26-16-24-21-15-19(23)7-8-22(21)26/h2-8,15-17,20H,9-14H2,1H3. The van der Waals surface area contributed by atoms with Crippen molar-refractivity contribution in [2.45, 2.75) is 38.1 Å². The van der Waals surface area contributed by atoms with Crippen molar-refractivity contribution in [3.63, 3.8) is 0 Å². The van der Waals surface area contributed by atoms with Crippen LogP contribution in [0.5, 0.6) is 0 Å². The van der Waals surface area contributed by atoms with Crippen LogP contribution in [-0.2, 0) is 0 Å². The molecule has 1 aliphatic rings. The first-order chi connectivity index (χ1) is 12.7. The summed E-state index contributed by atoms with van der Waals surface area (Å²) in [5, 5.41) is 0.755. The van der Waals surface area contributed by atoms with Gasteiger partial charge in [-0.3, -0.25) is 0 Å². The van der Waals surface area contributed by atoms with Crippen LogP contribution >= 0.6 is 11.6 Å². The molecule has 4 heteroatoms. The average molecular weight is 368 g/mol. The lowest BCUT2D eigenvalue weighted by molar-refractivity contribution is 0.184. The van der Waals surface area contributed by atoms with Gasteiger partial charge in [0.15, 0.2) is 0 Å². The highest BCUT2D eigenvalue weighted by molar-refractivity contribution is 6.31. The molecule has 0 radical (unpaired) electrons. The molecule has 136 valence electrons. The molecule has 2 aromatic carbocycles. The Balaban J connectivity index is 1.32. The predicted molar refractivity (Wildman–Crippen MR) is 109 cm³/mol. The van der Waals surface area contributed by atoms with Crippen molar-refractivity contribution in [3.05, 3.63) is 65.4 Å². The molecule has 1 saturated heterocycles. The number of nitrogens with zero attached hydrogens (tertiary/aromatic N) is 3. The summed E-state index contributed by atoms with van der Waals surface area (Å²) in [6.07, 6.45) is 5.58. The Labute approximate surface area is 160 Å². The molecule has 0 aliphatic carbocycles. The van der Waals surface area contributed by atoms with Gasteiger partial charge in [-0.05, 0) is 55.5 Å². The molecule has 26 heavy (non-hydrogen) atoms. The quantitative estimate of drug-likeness (QED) is 0.592. The minimum Gasteiger partial charge on any atom is -0.327 e. The van der Waals surface area contributed by atoms with Gasteiger partial charge in [0.2, 0.25) is 0 Å². The zero-order chi connectivity index (χ0) is 17.9. The topological polar surface area (TPSA) is 21.1 Å². The third-order valence-corrected chi connectivity index (χ3v) is 5.97. The van der Waals surface area contributed by atoms with E-state index in [9.17, 15) is 0 Å². The zero-order valence-electron chi connectivity index (χ0n) is 15.3. The number of hydrogen-bond acceptors (Lipinski definition) is 2. The molecule has 0 N–H and O–H groups in total. The molecule has 1 aromatic heterocycles. The molecule has 2 heterocycles. The minimum absolute atomic E-state index is 0.545. The number of benzene rings is 2. The highest BCUT2D eigenvalue weighted by Gasteiger charge is 2.22. The van der Waals surface area contributed by atoms with E-state index >= 15 is 0 Å². The van der Waals surface area contributed by atoms with Gasteiger partial charge in [-0.15, -0.1) is 0 Å². The van der Waals surface area contributed by atoms with Crippen molar-refractivity contribution in [1.29, 1.82) is 0 Å². The molecule has 0 bridgehead atoms. The molecule has 1 fully saturated rings. The van der Waals surface area contributed by atoms with Crippen LogP contribution in [0.15, 0.2) is 54.9 Å². The number of halogens is 1. The van der Waals surface area contributed by atoms with Gasteiger partial charge >= 0.3 is 0 Å². The van der Waals surface area contributed by atoms with Crippen LogP contribution in [0.2, 0.25) is 5.02 Å². The van der Waals surface area contributed by atoms with Gasteiger partial charge in [0.05, 0.1) is 17.4 Å². The third kappa shape index (κ3) is 3.79. The summed E-state index contributed by atoms with van der Waals surface area (Å²) in [5.74, 6) is 0.622. The molecule has 1 aliphatic heterocycles. The van der Waals surface area contributed by atoms with Crippen molar-refractivity contribution in [2.75, 3.05) is 19.6 Å². The molecule has 4 rings (SSSR count). The lowest BCUT2D eigenvalue weighted by atomic mass is 9.97. The summed E-state index contributed by atoms with van der Waals surface area (Å²) in [4.78, 5) is 7.15. The van der Waals surface area contributed by atoms with Gasteiger partial charge < -0.3 is 9.47 Å². The summed E-state index contributed by atoms with van der Waals surface area (Å²) in [5.41, 5.74) is 3.65. The van der Waals surface area contributed by atoms with E-state index in [1.54, 1.807) is 0 Å². The monoisotopic (exact) mass is 367 g/mol. The van der Waals surface area contributed by atoms with Crippen LogP contribution in [0.1, 0.15) is 43.7 Å². The van der Waals surface area contributed by atoms with Crippen LogP contribution in [0.25, 0.3) is 11.0 Å². The maximum Gasteiger partial charge on any atom is 0.0960 e. The number of imidazole rings is 1. The molecule has 0 spiro atoms. The van der Waals surface area contributed by atoms with Gasteiger partial charge in [-0.1, -0.05) is 48.9 Å². The fourth-order valence-corrected chi connectivity index (χ4v) is 4.21. The van der Waals surface area contributed by atoms with Gasteiger partial charge in [0.1, 0.15) is 0 Å². The van der Waals surface area contributed by atoms with Crippen molar-refractivity contribution in [3.8, 4) is 0 Å². The first-order valence-corrected chi connectivity index (χ1v) is 9.98. The summed E-state index contributed by atoms with van der Waals surface area (Å²) in [6.45, 7) is 5.85. The first kappa shape index (κ1) is 17.6. The van der Waals surface area contributed by atoms with E-state index in [-0.39, 0.29) is 0 Å². The van der Waals surface area contributed by atoms with E-state index in [0.29, 0.717) is 12.0 Å². The molecule has 0 saturated carbocycles. The molecule has 1 atom stereocenters. The first-order valence-electron chi connectivity index (χ1n) is 9.60. The smallest absolute Gasteiger partial charge is 0.0960 e. The maximum absolute atomic E-state index is 6.08. The number of hydrogen-bond donors (Lipinski definition) is 0. The van der Waals surface area contributed by atoms with Gasteiger partial charge in [0, 0.05) is 24.2 Å². The summed E-state index contributed by atoms with van der Waals surface area (Å²) < 4.78 is 2.34. The largest absolute Gasteiger partial charge is 0.327 e. The average Bonchev–Trinajstić information content (AvgIpc) is 3.10. The lowest BCUT2D eigenvalue weighted by Crippen LogP contribution is -2.35. The number of fused-ring (bicyclic) bond motifs is 1. The van der Waals surface area contributed by atoms with E-state index in [1.807, 2.05) is 18.5 Å². The molecular weight excluding hydrogens is 342 g/mol. The predicted octanol–water partition coefficient (Wildman–Crippen LogP) is 5.52. The number of rotatable bonds is 5. The van der Waals surface area contributed by atoms with E-state index in [1.165, 1.54) is 50.0 Å². The second-order valence-electron chi connectivity index (χ2n) is 7.46. The Morgan fingerprint density at radius 3 is 2.65 bits per heavy atom. The SMILES string of the molecule is CC(CCN1CCC(n2cnc3cc(Cl)ccc32)CC1)c1ccccc1. The van der Waals surface area contributed by atoms with E-state index < -0.39 is 0 Å². The third-order valence-electron chi connectivity index (χ3n) is 5.73. The molecule has 3 aromatic rings. The van der Waals surface area contributed by atoms with Crippen molar-refractivity contribution in [1.82, 2.24) is 14.5 Å². The fourth-order valence-electron chi connectivity index (χ4n) is 4.04. The number of aromatic nitrogens is 2. The van der Waals surface area contributed by atoms with Gasteiger partial charge in [-0.25, -0.2) is 4.98 Å². The second kappa shape index (κ2) is 7.81. The Morgan fingerprint density at radius 1 is 1.12 bits per heavy atom. The number of piperidine rings is 1. The van der Waals surface area contributed by atoms with Crippen LogP contribution < -0.4 is 0 Å². The summed E-state index contributed by atoms with van der Waals surface area (Å²) in [6, 6.07) is 17.4. The van der Waals surface area contributed by atoms with Gasteiger partial charge in [-0.2, -0.15) is 0 Å². The van der Waals surface area contributed by atoms with Crippen molar-refractivity contribution < 1.29 is 0 Å². The van der Waals surface area contributed by atoms with Crippen LogP contribution in [0.4, 0.5) is 0 Å². The zero-order valence-corrected chi connectivity index (χ0v) is 16.1. The summed E-state index contributed by atoms with van der Waals surface area (Å²) in [7, 11) is 0. The van der Waals surface area contributed by atoms with Crippen LogP contribution in [0, 0.1) is 0 Å². The Kier molecular flexibility index (Phi) is 5.28. The Morgan fingerprint density at radius 2 is 1.88 bits per heavy atom. The minimum atomic E-state index is 0.545. The highest BCUT2D eigenvalue weighted by Crippen LogP contribution is 2.28. The molecule has 3 nitrogen and oxygen atoms in total. The molecular formula is C22H26ClN3.